The molecule has 0 bridgehead atoms. The fourth-order valence-electron chi connectivity index (χ4n) is 5.30. The number of nitrogens with zero attached hydrogens (tertiary/aromatic N) is 1. The molecule has 1 heterocycles. The van der Waals surface area contributed by atoms with Gasteiger partial charge in [0.25, 0.3) is 0 Å². The zero-order valence-corrected chi connectivity index (χ0v) is 19.2. The Bertz CT molecular complexity index is 836. The standard InChI is InChI=1S/C29H39N/c1-22(23(2)25-10-5-4-6-11-25)16-19-30-20-17-27(18-21-30)29-15-8-7-14-28(29)24(3)26-12-9-13-26/h4-8,10-11,14-15,22-23,27H,9,12-13,16-21H2,1-3H3. The molecule has 0 spiro atoms. The van der Waals surface area contributed by atoms with Crippen LogP contribution in [0.25, 0.3) is 5.57 Å². The summed E-state index contributed by atoms with van der Waals surface area (Å²) < 4.78 is 0. The molecule has 2 fully saturated rings. The number of benzene rings is 2. The van der Waals surface area contributed by atoms with Crippen molar-refractivity contribution in [1.82, 2.24) is 4.90 Å². The van der Waals surface area contributed by atoms with Crippen molar-refractivity contribution in [1.29, 1.82) is 0 Å². The Labute approximate surface area is 184 Å². The van der Waals surface area contributed by atoms with Crippen molar-refractivity contribution in [3.05, 3.63) is 76.9 Å². The Morgan fingerprint density at radius 1 is 0.933 bits per heavy atom. The molecule has 4 rings (SSSR count). The fourth-order valence-corrected chi connectivity index (χ4v) is 5.30. The molecule has 0 aromatic heterocycles. The van der Waals surface area contributed by atoms with E-state index in [0.29, 0.717) is 5.92 Å². The van der Waals surface area contributed by atoms with Gasteiger partial charge in [0.2, 0.25) is 0 Å². The monoisotopic (exact) mass is 401 g/mol. The van der Waals surface area contributed by atoms with Crippen molar-refractivity contribution in [3.63, 3.8) is 0 Å². The molecule has 2 aromatic carbocycles. The maximum absolute atomic E-state index is 2.71. The SMILES string of the molecule is CC(=C1CCC1)c1ccccc1C1CCN(CCC(C)C(C)c2ccccc2)CC1. The third kappa shape index (κ3) is 4.89. The quantitative estimate of drug-likeness (QED) is 0.460. The zero-order chi connectivity index (χ0) is 20.9. The highest BCUT2D eigenvalue weighted by Gasteiger charge is 2.24. The van der Waals surface area contributed by atoms with Gasteiger partial charge >= 0.3 is 0 Å². The van der Waals surface area contributed by atoms with E-state index >= 15 is 0 Å². The van der Waals surface area contributed by atoms with Gasteiger partial charge in [-0.25, -0.2) is 0 Å². The van der Waals surface area contributed by atoms with E-state index in [1.54, 1.807) is 16.7 Å². The van der Waals surface area contributed by atoms with Crippen molar-refractivity contribution in [3.8, 4) is 0 Å². The Morgan fingerprint density at radius 3 is 2.27 bits per heavy atom. The molecule has 2 atom stereocenters. The van der Waals surface area contributed by atoms with Crippen LogP contribution in [0.1, 0.15) is 87.8 Å². The highest BCUT2D eigenvalue weighted by molar-refractivity contribution is 5.71. The van der Waals surface area contributed by atoms with Gasteiger partial charge in [-0.15, -0.1) is 0 Å². The Balaban J connectivity index is 1.31. The van der Waals surface area contributed by atoms with E-state index in [2.05, 4.69) is 80.3 Å². The first-order chi connectivity index (χ1) is 14.6. The van der Waals surface area contributed by atoms with E-state index in [-0.39, 0.29) is 0 Å². The van der Waals surface area contributed by atoms with Crippen LogP contribution in [-0.2, 0) is 0 Å². The number of hydrogen-bond donors (Lipinski definition) is 0. The molecule has 0 N–H and O–H groups in total. The summed E-state index contributed by atoms with van der Waals surface area (Å²) in [6.07, 6.45) is 7.93. The first-order valence-electron chi connectivity index (χ1n) is 12.2. The number of likely N-dealkylation sites (tertiary alicyclic amines) is 1. The van der Waals surface area contributed by atoms with Gasteiger partial charge in [0.15, 0.2) is 0 Å². The third-order valence-electron chi connectivity index (χ3n) is 7.96. The lowest BCUT2D eigenvalue weighted by atomic mass is 9.80. The second-order valence-corrected chi connectivity index (χ2v) is 9.75. The Morgan fingerprint density at radius 2 is 1.60 bits per heavy atom. The first kappa shape index (κ1) is 21.4. The van der Waals surface area contributed by atoms with E-state index in [4.69, 9.17) is 0 Å². The van der Waals surface area contributed by atoms with Crippen LogP contribution in [0.2, 0.25) is 0 Å². The number of rotatable bonds is 7. The molecular weight excluding hydrogens is 362 g/mol. The minimum atomic E-state index is 0.637. The Hall–Kier alpha value is -1.86. The molecule has 1 saturated carbocycles. The minimum Gasteiger partial charge on any atom is -0.303 e. The summed E-state index contributed by atoms with van der Waals surface area (Å²) in [7, 11) is 0. The molecule has 1 aliphatic carbocycles. The number of allylic oxidation sites excluding steroid dienone is 2. The van der Waals surface area contributed by atoms with E-state index < -0.39 is 0 Å². The first-order valence-corrected chi connectivity index (χ1v) is 12.2. The van der Waals surface area contributed by atoms with E-state index in [9.17, 15) is 0 Å². The molecule has 0 amide bonds. The lowest BCUT2D eigenvalue weighted by Crippen LogP contribution is -2.34. The number of hydrogen-bond acceptors (Lipinski definition) is 1. The van der Waals surface area contributed by atoms with Crippen molar-refractivity contribution in [2.45, 2.75) is 71.1 Å². The topological polar surface area (TPSA) is 3.24 Å². The summed E-state index contributed by atoms with van der Waals surface area (Å²) in [5, 5.41) is 0. The molecule has 1 heteroatoms. The maximum Gasteiger partial charge on any atom is -0.00129 e. The fraction of sp³-hybridized carbons (Fsp3) is 0.517. The zero-order valence-electron chi connectivity index (χ0n) is 19.2. The third-order valence-corrected chi connectivity index (χ3v) is 7.96. The van der Waals surface area contributed by atoms with E-state index in [1.165, 1.54) is 69.3 Å². The predicted octanol–water partition coefficient (Wildman–Crippen LogP) is 7.65. The lowest BCUT2D eigenvalue weighted by Gasteiger charge is -2.34. The van der Waals surface area contributed by atoms with Gasteiger partial charge in [-0.05, 0) is 105 Å². The van der Waals surface area contributed by atoms with Gasteiger partial charge in [-0.2, -0.15) is 0 Å². The molecular formula is C29H39N. The average Bonchev–Trinajstić information content (AvgIpc) is 2.76. The summed E-state index contributed by atoms with van der Waals surface area (Å²) in [6.45, 7) is 10.9. The highest BCUT2D eigenvalue weighted by atomic mass is 15.1. The average molecular weight is 402 g/mol. The van der Waals surface area contributed by atoms with Crippen LogP contribution in [0, 0.1) is 5.92 Å². The predicted molar refractivity (Wildman–Crippen MR) is 130 cm³/mol. The van der Waals surface area contributed by atoms with Crippen LogP contribution in [0.15, 0.2) is 60.2 Å². The molecule has 0 radical (unpaired) electrons. The summed E-state index contributed by atoms with van der Waals surface area (Å²) in [6, 6.07) is 20.3. The van der Waals surface area contributed by atoms with Crippen LogP contribution < -0.4 is 0 Å². The largest absolute Gasteiger partial charge is 0.303 e. The second kappa shape index (κ2) is 9.96. The normalized spacial score (nSPS) is 19.9. The van der Waals surface area contributed by atoms with Gasteiger partial charge in [-0.1, -0.05) is 74.0 Å². The highest BCUT2D eigenvalue weighted by Crippen LogP contribution is 2.38. The van der Waals surface area contributed by atoms with E-state index in [1.807, 2.05) is 0 Å². The van der Waals surface area contributed by atoms with Crippen molar-refractivity contribution < 1.29 is 0 Å². The molecule has 1 saturated heterocycles. The summed E-state index contributed by atoms with van der Waals surface area (Å²) in [5.41, 5.74) is 7.90. The van der Waals surface area contributed by atoms with Gasteiger partial charge in [0.1, 0.15) is 0 Å². The molecule has 1 aliphatic heterocycles. The maximum atomic E-state index is 2.71. The lowest BCUT2D eigenvalue weighted by molar-refractivity contribution is 0.197. The number of piperidine rings is 1. The second-order valence-electron chi connectivity index (χ2n) is 9.75. The van der Waals surface area contributed by atoms with Crippen LogP contribution in [-0.4, -0.2) is 24.5 Å². The van der Waals surface area contributed by atoms with Crippen LogP contribution in [0.3, 0.4) is 0 Å². The molecule has 2 aliphatic rings. The molecule has 2 unspecified atom stereocenters. The van der Waals surface area contributed by atoms with Crippen LogP contribution >= 0.6 is 0 Å². The summed E-state index contributed by atoms with van der Waals surface area (Å²) in [4.78, 5) is 2.71. The Kier molecular flexibility index (Phi) is 7.10. The minimum absolute atomic E-state index is 0.637. The molecule has 30 heavy (non-hydrogen) atoms. The van der Waals surface area contributed by atoms with Crippen molar-refractivity contribution in [2.24, 2.45) is 5.92 Å². The van der Waals surface area contributed by atoms with Gasteiger partial charge in [0, 0.05) is 0 Å². The van der Waals surface area contributed by atoms with Gasteiger partial charge in [0.05, 0.1) is 0 Å². The van der Waals surface area contributed by atoms with Crippen molar-refractivity contribution >= 4 is 5.57 Å². The van der Waals surface area contributed by atoms with E-state index in [0.717, 1.165) is 11.8 Å². The van der Waals surface area contributed by atoms with Crippen LogP contribution in [0.4, 0.5) is 0 Å². The summed E-state index contributed by atoms with van der Waals surface area (Å²) in [5.74, 6) is 2.09. The van der Waals surface area contributed by atoms with Gasteiger partial charge in [-0.3, -0.25) is 0 Å². The smallest absolute Gasteiger partial charge is 0.00129 e. The molecule has 2 aromatic rings. The van der Waals surface area contributed by atoms with Crippen molar-refractivity contribution in [2.75, 3.05) is 19.6 Å². The molecule has 160 valence electrons. The van der Waals surface area contributed by atoms with Gasteiger partial charge < -0.3 is 4.90 Å². The van der Waals surface area contributed by atoms with Crippen LogP contribution in [0.5, 0.6) is 0 Å². The molecule has 1 nitrogen and oxygen atoms in total. The summed E-state index contributed by atoms with van der Waals surface area (Å²) >= 11 is 0.